The van der Waals surface area contributed by atoms with Crippen molar-refractivity contribution in [3.63, 3.8) is 0 Å². The van der Waals surface area contributed by atoms with Gasteiger partial charge in [0.15, 0.2) is 0 Å². The van der Waals surface area contributed by atoms with E-state index < -0.39 is 6.10 Å². The summed E-state index contributed by atoms with van der Waals surface area (Å²) in [6.45, 7) is 7.02. The summed E-state index contributed by atoms with van der Waals surface area (Å²) >= 11 is 0. The molecule has 2 N–H and O–H groups in total. The Kier molecular flexibility index (Phi) is 5.54. The maximum atomic E-state index is 10.3. The normalized spacial score (nSPS) is 14.1. The molecule has 2 nitrogen and oxygen atoms in total. The lowest BCUT2D eigenvalue weighted by Gasteiger charge is -2.18. The average Bonchev–Trinajstić information content (AvgIpc) is 2.53. The summed E-state index contributed by atoms with van der Waals surface area (Å²) in [5.74, 6) is 0.521. The lowest BCUT2D eigenvalue weighted by atomic mass is 10.00. The van der Waals surface area contributed by atoms with Crippen LogP contribution in [0.4, 0.5) is 0 Å². The minimum atomic E-state index is -0.475. The van der Waals surface area contributed by atoms with E-state index >= 15 is 0 Å². The van der Waals surface area contributed by atoms with Gasteiger partial charge in [-0.05, 0) is 29.5 Å². The van der Waals surface area contributed by atoms with Gasteiger partial charge in [-0.15, -0.1) is 0 Å². The summed E-state index contributed by atoms with van der Waals surface area (Å²) in [5.41, 5.74) is 3.50. The Balaban J connectivity index is 1.91. The number of aliphatic hydroxyl groups excluding tert-OH is 1. The minimum Gasteiger partial charge on any atom is -0.387 e. The maximum absolute atomic E-state index is 10.3. The molecule has 0 radical (unpaired) electrons. The third-order valence-electron chi connectivity index (χ3n) is 3.90. The molecule has 0 saturated heterocycles. The van der Waals surface area contributed by atoms with Crippen LogP contribution in [-0.4, -0.2) is 11.7 Å². The smallest absolute Gasteiger partial charge is 0.0914 e. The van der Waals surface area contributed by atoms with Gasteiger partial charge in [0.1, 0.15) is 0 Å². The quantitative estimate of drug-likeness (QED) is 0.833. The molecule has 1 unspecified atom stereocenters. The zero-order chi connectivity index (χ0) is 15.2. The fraction of sp³-hybridized carbons (Fsp3) is 0.368. The number of hydrogen-bond acceptors (Lipinski definition) is 2. The van der Waals surface area contributed by atoms with Crippen molar-refractivity contribution < 1.29 is 5.11 Å². The Bertz CT molecular complexity index is 533. The van der Waals surface area contributed by atoms with Gasteiger partial charge in [0.2, 0.25) is 0 Å². The fourth-order valence-corrected chi connectivity index (χ4v) is 2.37. The summed E-state index contributed by atoms with van der Waals surface area (Å²) in [6.07, 6.45) is -0.475. The van der Waals surface area contributed by atoms with Crippen LogP contribution in [0.1, 0.15) is 55.5 Å². The molecule has 0 aliphatic heterocycles. The summed E-state index contributed by atoms with van der Waals surface area (Å²) in [7, 11) is 0. The highest BCUT2D eigenvalue weighted by molar-refractivity contribution is 5.26. The second-order valence-electron chi connectivity index (χ2n) is 5.88. The van der Waals surface area contributed by atoms with Crippen LogP contribution in [0.5, 0.6) is 0 Å². The van der Waals surface area contributed by atoms with Crippen molar-refractivity contribution in [1.82, 2.24) is 5.32 Å². The Labute approximate surface area is 127 Å². The molecule has 0 fully saturated rings. The maximum Gasteiger partial charge on any atom is 0.0914 e. The summed E-state index contributed by atoms with van der Waals surface area (Å²) in [6, 6.07) is 18.8. The highest BCUT2D eigenvalue weighted by atomic mass is 16.3. The first-order valence-corrected chi connectivity index (χ1v) is 7.64. The van der Waals surface area contributed by atoms with Crippen molar-refractivity contribution in [2.45, 2.75) is 38.8 Å². The van der Waals surface area contributed by atoms with Crippen molar-refractivity contribution >= 4 is 0 Å². The number of rotatable bonds is 6. The zero-order valence-corrected chi connectivity index (χ0v) is 13.1. The van der Waals surface area contributed by atoms with E-state index in [-0.39, 0.29) is 6.04 Å². The van der Waals surface area contributed by atoms with E-state index in [0.717, 1.165) is 5.56 Å². The largest absolute Gasteiger partial charge is 0.387 e. The zero-order valence-electron chi connectivity index (χ0n) is 13.1. The van der Waals surface area contributed by atoms with E-state index in [1.54, 1.807) is 0 Å². The molecule has 0 aromatic heterocycles. The van der Waals surface area contributed by atoms with E-state index in [1.165, 1.54) is 11.1 Å². The summed E-state index contributed by atoms with van der Waals surface area (Å²) in [4.78, 5) is 0. The molecular formula is C19H25NO. The lowest BCUT2D eigenvalue weighted by molar-refractivity contribution is 0.171. The first kappa shape index (κ1) is 15.7. The van der Waals surface area contributed by atoms with Crippen molar-refractivity contribution in [3.8, 4) is 0 Å². The monoisotopic (exact) mass is 283 g/mol. The minimum absolute atomic E-state index is 0.232. The van der Waals surface area contributed by atoms with E-state index in [4.69, 9.17) is 0 Å². The van der Waals surface area contributed by atoms with Crippen LogP contribution in [0.15, 0.2) is 54.6 Å². The number of aliphatic hydroxyl groups is 1. The molecule has 0 amide bonds. The first-order chi connectivity index (χ1) is 10.1. The SMILES string of the molecule is CC(C)c1ccc(C(O)CN[C@H](C)c2ccccc2)cc1. The Morgan fingerprint density at radius 3 is 1.95 bits per heavy atom. The molecule has 21 heavy (non-hydrogen) atoms. The molecule has 0 heterocycles. The second-order valence-corrected chi connectivity index (χ2v) is 5.88. The van der Waals surface area contributed by atoms with Crippen LogP contribution in [0.2, 0.25) is 0 Å². The molecule has 0 saturated carbocycles. The van der Waals surface area contributed by atoms with Crippen LogP contribution in [-0.2, 0) is 0 Å². The van der Waals surface area contributed by atoms with Crippen LogP contribution in [0.25, 0.3) is 0 Å². The van der Waals surface area contributed by atoms with Crippen LogP contribution >= 0.6 is 0 Å². The van der Waals surface area contributed by atoms with E-state index in [0.29, 0.717) is 12.5 Å². The third kappa shape index (κ3) is 4.42. The molecule has 2 aromatic rings. The van der Waals surface area contributed by atoms with Crippen LogP contribution in [0, 0.1) is 0 Å². The highest BCUT2D eigenvalue weighted by Crippen LogP contribution is 2.19. The van der Waals surface area contributed by atoms with Gasteiger partial charge >= 0.3 is 0 Å². The highest BCUT2D eigenvalue weighted by Gasteiger charge is 2.10. The molecule has 2 heteroatoms. The Morgan fingerprint density at radius 2 is 1.38 bits per heavy atom. The van der Waals surface area contributed by atoms with E-state index in [1.807, 2.05) is 30.3 Å². The van der Waals surface area contributed by atoms with Gasteiger partial charge in [-0.2, -0.15) is 0 Å². The van der Waals surface area contributed by atoms with Gasteiger partial charge in [-0.25, -0.2) is 0 Å². The van der Waals surface area contributed by atoms with E-state index in [9.17, 15) is 5.11 Å². The molecule has 2 rings (SSSR count). The Morgan fingerprint density at radius 1 is 0.810 bits per heavy atom. The van der Waals surface area contributed by atoms with Gasteiger partial charge in [-0.3, -0.25) is 0 Å². The van der Waals surface area contributed by atoms with E-state index in [2.05, 4.69) is 50.4 Å². The molecule has 0 aliphatic carbocycles. The van der Waals surface area contributed by atoms with Gasteiger partial charge in [0.25, 0.3) is 0 Å². The summed E-state index contributed by atoms with van der Waals surface area (Å²) < 4.78 is 0. The van der Waals surface area contributed by atoms with Gasteiger partial charge in [0.05, 0.1) is 6.10 Å². The summed E-state index contributed by atoms with van der Waals surface area (Å²) in [5, 5.41) is 13.7. The topological polar surface area (TPSA) is 32.3 Å². The van der Waals surface area contributed by atoms with Crippen molar-refractivity contribution in [1.29, 1.82) is 0 Å². The molecule has 0 bridgehead atoms. The second kappa shape index (κ2) is 7.39. The van der Waals surface area contributed by atoms with Crippen molar-refractivity contribution in [2.75, 3.05) is 6.54 Å². The molecule has 0 aliphatic rings. The Hall–Kier alpha value is -1.64. The van der Waals surface area contributed by atoms with Gasteiger partial charge in [0, 0.05) is 12.6 Å². The first-order valence-electron chi connectivity index (χ1n) is 7.64. The van der Waals surface area contributed by atoms with Crippen molar-refractivity contribution in [2.24, 2.45) is 0 Å². The van der Waals surface area contributed by atoms with Crippen molar-refractivity contribution in [3.05, 3.63) is 71.3 Å². The van der Waals surface area contributed by atoms with Gasteiger partial charge in [-0.1, -0.05) is 68.4 Å². The fourth-order valence-electron chi connectivity index (χ4n) is 2.37. The molecule has 0 spiro atoms. The van der Waals surface area contributed by atoms with Crippen LogP contribution in [0.3, 0.4) is 0 Å². The molecule has 2 atom stereocenters. The molecule has 2 aromatic carbocycles. The average molecular weight is 283 g/mol. The predicted molar refractivity (Wildman–Crippen MR) is 88.4 cm³/mol. The molecular weight excluding hydrogens is 258 g/mol. The number of benzene rings is 2. The standard InChI is InChI=1S/C19H25NO/c1-14(2)16-9-11-18(12-10-16)19(21)13-20-15(3)17-7-5-4-6-8-17/h4-12,14-15,19-21H,13H2,1-3H3/t15-,19?/m1/s1. The number of nitrogens with one attached hydrogen (secondary N) is 1. The molecule has 112 valence electrons. The lowest BCUT2D eigenvalue weighted by Crippen LogP contribution is -2.24. The van der Waals surface area contributed by atoms with Crippen LogP contribution < -0.4 is 5.32 Å². The van der Waals surface area contributed by atoms with Gasteiger partial charge < -0.3 is 10.4 Å². The predicted octanol–water partition coefficient (Wildman–Crippen LogP) is 4.19. The third-order valence-corrected chi connectivity index (χ3v) is 3.90. The number of hydrogen-bond donors (Lipinski definition) is 2.